The molecule has 3 aromatic heterocycles. The van der Waals surface area contributed by atoms with Gasteiger partial charge in [-0.25, -0.2) is 0 Å². The fraction of sp³-hybridized carbons (Fsp3) is 0.375. The van der Waals surface area contributed by atoms with E-state index in [0.717, 1.165) is 22.3 Å². The number of carbonyl (C=O) groups excluding carboxylic acids is 1. The lowest BCUT2D eigenvalue weighted by atomic mass is 10.3. The van der Waals surface area contributed by atoms with Crippen LogP contribution >= 0.6 is 15.9 Å². The summed E-state index contributed by atoms with van der Waals surface area (Å²) in [5.41, 5.74) is 2.63. The number of carbonyl (C=O) groups is 1. The zero-order chi connectivity index (χ0) is 18.0. The Hall–Kier alpha value is -2.42. The Morgan fingerprint density at radius 1 is 1.20 bits per heavy atom. The Bertz CT molecular complexity index is 879. The van der Waals surface area contributed by atoms with Gasteiger partial charge in [-0.1, -0.05) is 0 Å². The van der Waals surface area contributed by atoms with Crippen molar-refractivity contribution < 1.29 is 4.79 Å². The van der Waals surface area contributed by atoms with Crippen molar-refractivity contribution in [2.45, 2.75) is 39.9 Å². The predicted molar refractivity (Wildman–Crippen MR) is 97.2 cm³/mol. The van der Waals surface area contributed by atoms with Gasteiger partial charge in [-0.2, -0.15) is 15.3 Å². The molecule has 0 fully saturated rings. The normalized spacial score (nSPS) is 12.3. The summed E-state index contributed by atoms with van der Waals surface area (Å²) < 4.78 is 6.21. The highest BCUT2D eigenvalue weighted by Gasteiger charge is 2.19. The zero-order valence-corrected chi connectivity index (χ0v) is 15.9. The van der Waals surface area contributed by atoms with Crippen LogP contribution in [0.4, 0.5) is 5.69 Å². The highest BCUT2D eigenvalue weighted by atomic mass is 79.9. The number of aryl methyl sites for hydroxylation is 1. The highest BCUT2D eigenvalue weighted by molar-refractivity contribution is 9.10. The molecule has 132 valence electrons. The van der Waals surface area contributed by atoms with Gasteiger partial charge in [-0.15, -0.1) is 0 Å². The number of anilines is 1. The van der Waals surface area contributed by atoms with E-state index < -0.39 is 6.04 Å². The second kappa shape index (κ2) is 7.22. The van der Waals surface area contributed by atoms with Gasteiger partial charge in [-0.3, -0.25) is 18.8 Å². The predicted octanol–water partition coefficient (Wildman–Crippen LogP) is 2.61. The molecule has 1 atom stereocenters. The summed E-state index contributed by atoms with van der Waals surface area (Å²) in [7, 11) is 0. The molecule has 3 aromatic rings. The summed E-state index contributed by atoms with van der Waals surface area (Å²) in [4.78, 5) is 12.4. The topological polar surface area (TPSA) is 82.6 Å². The second-order valence-electron chi connectivity index (χ2n) is 5.82. The van der Waals surface area contributed by atoms with E-state index in [4.69, 9.17) is 0 Å². The van der Waals surface area contributed by atoms with Gasteiger partial charge in [0, 0.05) is 24.5 Å². The molecule has 8 nitrogen and oxygen atoms in total. The number of amides is 1. The van der Waals surface area contributed by atoms with Gasteiger partial charge in [0.05, 0.1) is 41.0 Å². The number of hydrogen-bond acceptors (Lipinski definition) is 4. The maximum atomic E-state index is 12.4. The number of rotatable bonds is 6. The SMILES string of the molecule is CCn1cc(Cn2cc(NC(=O)C(C)n3ncc(Br)c3C)cn2)cn1. The van der Waals surface area contributed by atoms with Crippen LogP contribution in [0.1, 0.15) is 31.1 Å². The molecular weight excluding hydrogens is 386 g/mol. The minimum absolute atomic E-state index is 0.142. The molecule has 3 rings (SSSR count). The first-order valence-electron chi connectivity index (χ1n) is 8.02. The Morgan fingerprint density at radius 2 is 1.96 bits per heavy atom. The van der Waals surface area contributed by atoms with E-state index in [0.29, 0.717) is 12.2 Å². The van der Waals surface area contributed by atoms with E-state index in [-0.39, 0.29) is 5.91 Å². The van der Waals surface area contributed by atoms with Crippen LogP contribution in [0.3, 0.4) is 0 Å². The number of halogens is 1. The molecule has 1 unspecified atom stereocenters. The van der Waals surface area contributed by atoms with Gasteiger partial charge in [0.2, 0.25) is 5.91 Å². The van der Waals surface area contributed by atoms with E-state index in [1.807, 2.05) is 37.8 Å². The molecule has 1 amide bonds. The van der Waals surface area contributed by atoms with Crippen LogP contribution < -0.4 is 5.32 Å². The first-order valence-corrected chi connectivity index (χ1v) is 8.81. The lowest BCUT2D eigenvalue weighted by molar-refractivity contribution is -0.119. The van der Waals surface area contributed by atoms with Crippen molar-refractivity contribution in [1.29, 1.82) is 0 Å². The van der Waals surface area contributed by atoms with Crippen molar-refractivity contribution in [2.75, 3.05) is 5.32 Å². The summed E-state index contributed by atoms with van der Waals surface area (Å²) in [6, 6.07) is -0.419. The second-order valence-corrected chi connectivity index (χ2v) is 6.67. The standard InChI is InChI=1S/C16H20BrN7O/c1-4-22-8-13(5-18-22)9-23-10-14(6-19-23)21-16(25)12(3)24-11(2)15(17)7-20-24/h5-8,10,12H,4,9H2,1-3H3,(H,21,25). The molecule has 0 aromatic carbocycles. The summed E-state index contributed by atoms with van der Waals surface area (Å²) in [5, 5.41) is 15.6. The van der Waals surface area contributed by atoms with Gasteiger partial charge in [0.1, 0.15) is 6.04 Å². The summed E-state index contributed by atoms with van der Waals surface area (Å²) in [5.74, 6) is -0.142. The third-order valence-electron chi connectivity index (χ3n) is 3.99. The van der Waals surface area contributed by atoms with Crippen LogP contribution in [0.5, 0.6) is 0 Å². The fourth-order valence-electron chi connectivity index (χ4n) is 2.51. The summed E-state index contributed by atoms with van der Waals surface area (Å²) in [6.07, 6.45) is 8.94. The highest BCUT2D eigenvalue weighted by Crippen LogP contribution is 2.19. The average molecular weight is 406 g/mol. The minimum Gasteiger partial charge on any atom is -0.322 e. The van der Waals surface area contributed by atoms with Gasteiger partial charge < -0.3 is 5.32 Å². The van der Waals surface area contributed by atoms with Crippen molar-refractivity contribution in [3.05, 3.63) is 46.7 Å². The number of nitrogens with zero attached hydrogens (tertiary/aromatic N) is 6. The molecule has 0 saturated carbocycles. The fourth-order valence-corrected chi connectivity index (χ4v) is 2.79. The molecule has 1 N–H and O–H groups in total. The van der Waals surface area contributed by atoms with Crippen LogP contribution in [-0.4, -0.2) is 35.2 Å². The number of hydrogen-bond donors (Lipinski definition) is 1. The summed E-state index contributed by atoms with van der Waals surface area (Å²) >= 11 is 3.41. The maximum absolute atomic E-state index is 12.4. The Morgan fingerprint density at radius 3 is 2.60 bits per heavy atom. The van der Waals surface area contributed by atoms with Crippen molar-refractivity contribution in [2.24, 2.45) is 0 Å². The minimum atomic E-state index is -0.419. The monoisotopic (exact) mass is 405 g/mol. The molecule has 3 heterocycles. The van der Waals surface area contributed by atoms with Crippen LogP contribution in [0, 0.1) is 6.92 Å². The maximum Gasteiger partial charge on any atom is 0.249 e. The van der Waals surface area contributed by atoms with Crippen LogP contribution in [-0.2, 0) is 17.9 Å². The molecule has 0 aliphatic rings. The van der Waals surface area contributed by atoms with Crippen LogP contribution in [0.2, 0.25) is 0 Å². The molecular formula is C16H20BrN7O. The van der Waals surface area contributed by atoms with Crippen molar-refractivity contribution in [3.63, 3.8) is 0 Å². The zero-order valence-electron chi connectivity index (χ0n) is 14.3. The molecule has 0 saturated heterocycles. The molecule has 0 aliphatic heterocycles. The van der Waals surface area contributed by atoms with Crippen molar-refractivity contribution >= 4 is 27.5 Å². The summed E-state index contributed by atoms with van der Waals surface area (Å²) in [6.45, 7) is 7.21. The number of nitrogens with one attached hydrogen (secondary N) is 1. The Kier molecular flexibility index (Phi) is 5.03. The van der Waals surface area contributed by atoms with Crippen LogP contribution in [0.25, 0.3) is 0 Å². The molecule has 0 aliphatic carbocycles. The van der Waals surface area contributed by atoms with Gasteiger partial charge >= 0.3 is 0 Å². The lowest BCUT2D eigenvalue weighted by Gasteiger charge is -2.13. The quantitative estimate of drug-likeness (QED) is 0.682. The van der Waals surface area contributed by atoms with Crippen molar-refractivity contribution in [1.82, 2.24) is 29.3 Å². The molecule has 25 heavy (non-hydrogen) atoms. The third-order valence-corrected chi connectivity index (χ3v) is 4.77. The first-order chi connectivity index (χ1) is 12.0. The molecule has 9 heteroatoms. The van der Waals surface area contributed by atoms with E-state index >= 15 is 0 Å². The largest absolute Gasteiger partial charge is 0.322 e. The molecule has 0 bridgehead atoms. The lowest BCUT2D eigenvalue weighted by Crippen LogP contribution is -2.25. The van der Waals surface area contributed by atoms with E-state index in [9.17, 15) is 4.79 Å². The Balaban J connectivity index is 1.64. The van der Waals surface area contributed by atoms with Gasteiger partial charge in [0.15, 0.2) is 0 Å². The van der Waals surface area contributed by atoms with Gasteiger partial charge in [0.25, 0.3) is 0 Å². The van der Waals surface area contributed by atoms with Gasteiger partial charge in [-0.05, 0) is 36.7 Å². The average Bonchev–Trinajstić information content (AvgIpc) is 3.30. The number of aromatic nitrogens is 6. The van der Waals surface area contributed by atoms with E-state index in [1.54, 1.807) is 28.0 Å². The van der Waals surface area contributed by atoms with E-state index in [1.165, 1.54) is 0 Å². The van der Waals surface area contributed by atoms with Crippen molar-refractivity contribution in [3.8, 4) is 0 Å². The van der Waals surface area contributed by atoms with E-state index in [2.05, 4.69) is 36.5 Å². The molecule has 0 spiro atoms. The third kappa shape index (κ3) is 3.81. The molecule has 0 radical (unpaired) electrons. The van der Waals surface area contributed by atoms with Crippen LogP contribution in [0.15, 0.2) is 35.5 Å². The first kappa shape index (κ1) is 17.4. The smallest absolute Gasteiger partial charge is 0.249 e. The Labute approximate surface area is 154 Å².